The van der Waals surface area contributed by atoms with Gasteiger partial charge in [-0.05, 0) is 13.8 Å². The number of hydrogen-bond donors (Lipinski definition) is 1. The number of carbonyl (C=O) groups is 1. The third kappa shape index (κ3) is 1.88. The fourth-order valence-electron chi connectivity index (χ4n) is 1.97. The standard InChI is InChI=1S/C10H14ClN5O/c1-5(11)9-13-8-6(2)14-15(3)10(8)16(9)4-7(12)17/h5H,4H2,1-3H3,(H2,12,17). The monoisotopic (exact) mass is 255 g/mol. The van der Waals surface area contributed by atoms with E-state index in [0.29, 0.717) is 5.82 Å². The van der Waals surface area contributed by atoms with Crippen LogP contribution >= 0.6 is 11.6 Å². The van der Waals surface area contributed by atoms with E-state index < -0.39 is 5.91 Å². The van der Waals surface area contributed by atoms with Crippen molar-refractivity contribution < 1.29 is 4.79 Å². The van der Waals surface area contributed by atoms with Crippen LogP contribution in [-0.4, -0.2) is 25.2 Å². The molecule has 0 radical (unpaired) electrons. The molecule has 2 aromatic heterocycles. The molecule has 7 heteroatoms. The number of nitrogens with two attached hydrogens (primary N) is 1. The first-order chi connectivity index (χ1) is 7.91. The van der Waals surface area contributed by atoms with Crippen LogP contribution in [-0.2, 0) is 18.4 Å². The molecule has 1 atom stereocenters. The van der Waals surface area contributed by atoms with E-state index in [2.05, 4.69) is 10.1 Å². The zero-order chi connectivity index (χ0) is 12.7. The van der Waals surface area contributed by atoms with Crippen molar-refractivity contribution in [2.75, 3.05) is 0 Å². The van der Waals surface area contributed by atoms with Gasteiger partial charge in [-0.2, -0.15) is 5.10 Å². The smallest absolute Gasteiger partial charge is 0.237 e. The molecule has 0 aromatic carbocycles. The van der Waals surface area contributed by atoms with Gasteiger partial charge in [0.05, 0.1) is 11.1 Å². The fraction of sp³-hybridized carbons (Fsp3) is 0.500. The second-order valence-electron chi connectivity index (χ2n) is 4.02. The molecule has 1 amide bonds. The van der Waals surface area contributed by atoms with Crippen molar-refractivity contribution in [1.82, 2.24) is 19.3 Å². The number of amides is 1. The van der Waals surface area contributed by atoms with E-state index in [-0.39, 0.29) is 11.9 Å². The summed E-state index contributed by atoms with van der Waals surface area (Å²) in [6.45, 7) is 3.73. The van der Waals surface area contributed by atoms with Gasteiger partial charge in [0, 0.05) is 7.05 Å². The Morgan fingerprint density at radius 1 is 1.59 bits per heavy atom. The molecule has 6 nitrogen and oxygen atoms in total. The van der Waals surface area contributed by atoms with Gasteiger partial charge in [-0.25, -0.2) is 4.98 Å². The average molecular weight is 256 g/mol. The summed E-state index contributed by atoms with van der Waals surface area (Å²) < 4.78 is 3.40. The van der Waals surface area contributed by atoms with Crippen LogP contribution in [0.2, 0.25) is 0 Å². The number of aromatic nitrogens is 4. The molecule has 1 unspecified atom stereocenters. The van der Waals surface area contributed by atoms with Crippen LogP contribution in [0.25, 0.3) is 11.2 Å². The van der Waals surface area contributed by atoms with Crippen LogP contribution in [0, 0.1) is 6.92 Å². The summed E-state index contributed by atoms with van der Waals surface area (Å²) in [5.74, 6) is 0.207. The average Bonchev–Trinajstić information content (AvgIpc) is 2.67. The van der Waals surface area contributed by atoms with E-state index in [9.17, 15) is 4.79 Å². The van der Waals surface area contributed by atoms with Crippen LogP contribution in [0.5, 0.6) is 0 Å². The van der Waals surface area contributed by atoms with Crippen molar-refractivity contribution in [3.05, 3.63) is 11.5 Å². The number of imidazole rings is 1. The molecule has 2 N–H and O–H groups in total. The van der Waals surface area contributed by atoms with Crippen LogP contribution in [0.15, 0.2) is 0 Å². The molecule has 2 aromatic rings. The molecule has 2 rings (SSSR count). The van der Waals surface area contributed by atoms with Gasteiger partial charge in [-0.3, -0.25) is 9.48 Å². The zero-order valence-corrected chi connectivity index (χ0v) is 10.7. The first-order valence-corrected chi connectivity index (χ1v) is 5.67. The Morgan fingerprint density at radius 3 is 2.76 bits per heavy atom. The lowest BCUT2D eigenvalue weighted by molar-refractivity contribution is -0.118. The molecule has 2 heterocycles. The predicted octanol–water partition coefficient (Wildman–Crippen LogP) is 0.863. The van der Waals surface area contributed by atoms with E-state index in [0.717, 1.165) is 16.9 Å². The third-order valence-electron chi connectivity index (χ3n) is 2.59. The normalized spacial score (nSPS) is 13.2. The Bertz CT molecular complexity index is 583. The van der Waals surface area contributed by atoms with Crippen molar-refractivity contribution in [3.63, 3.8) is 0 Å². The van der Waals surface area contributed by atoms with Crippen molar-refractivity contribution in [2.24, 2.45) is 12.8 Å². The highest BCUT2D eigenvalue weighted by Gasteiger charge is 2.20. The number of primary amides is 1. The molecule has 0 fully saturated rings. The molecule has 0 aliphatic rings. The summed E-state index contributed by atoms with van der Waals surface area (Å²) in [4.78, 5) is 15.5. The molecule has 0 saturated carbocycles. The van der Waals surface area contributed by atoms with Gasteiger partial charge in [0.25, 0.3) is 0 Å². The lowest BCUT2D eigenvalue weighted by Crippen LogP contribution is -2.21. The number of fused-ring (bicyclic) bond motifs is 1. The molecule has 92 valence electrons. The molecule has 0 spiro atoms. The highest BCUT2D eigenvalue weighted by atomic mass is 35.5. The first-order valence-electron chi connectivity index (χ1n) is 5.24. The quantitative estimate of drug-likeness (QED) is 0.827. The Hall–Kier alpha value is -1.56. The second kappa shape index (κ2) is 4.03. The number of alkyl halides is 1. The summed E-state index contributed by atoms with van der Waals surface area (Å²) in [5, 5.41) is 3.97. The number of hydrogen-bond acceptors (Lipinski definition) is 3. The summed E-state index contributed by atoms with van der Waals surface area (Å²) in [5.41, 5.74) is 7.58. The van der Waals surface area contributed by atoms with Gasteiger partial charge >= 0.3 is 0 Å². The van der Waals surface area contributed by atoms with Gasteiger partial charge in [0.2, 0.25) is 5.91 Å². The number of aryl methyl sites for hydroxylation is 2. The molecule has 0 aliphatic carbocycles. The molecule has 17 heavy (non-hydrogen) atoms. The lowest BCUT2D eigenvalue weighted by Gasteiger charge is -2.08. The largest absolute Gasteiger partial charge is 0.368 e. The van der Waals surface area contributed by atoms with E-state index in [4.69, 9.17) is 17.3 Å². The molecule has 0 saturated heterocycles. The first kappa shape index (κ1) is 11.9. The van der Waals surface area contributed by atoms with Gasteiger partial charge < -0.3 is 10.3 Å². The Morgan fingerprint density at radius 2 is 2.24 bits per heavy atom. The van der Waals surface area contributed by atoms with Crippen LogP contribution in [0.3, 0.4) is 0 Å². The maximum Gasteiger partial charge on any atom is 0.237 e. The second-order valence-corrected chi connectivity index (χ2v) is 4.67. The zero-order valence-electron chi connectivity index (χ0n) is 9.94. The lowest BCUT2D eigenvalue weighted by atomic mass is 10.4. The van der Waals surface area contributed by atoms with Gasteiger partial charge in [0.15, 0.2) is 5.65 Å². The highest BCUT2D eigenvalue weighted by molar-refractivity contribution is 6.20. The Kier molecular flexibility index (Phi) is 2.82. The van der Waals surface area contributed by atoms with Gasteiger partial charge in [-0.1, -0.05) is 0 Å². The number of halogens is 1. The van der Waals surface area contributed by atoms with E-state index >= 15 is 0 Å². The SMILES string of the molecule is Cc1nn(C)c2c1nc(C(C)Cl)n2CC(N)=O. The fourth-order valence-corrected chi connectivity index (χ4v) is 2.13. The molecular formula is C10H14ClN5O. The van der Waals surface area contributed by atoms with Crippen molar-refractivity contribution >= 4 is 28.7 Å². The van der Waals surface area contributed by atoms with Crippen molar-refractivity contribution in [1.29, 1.82) is 0 Å². The summed E-state index contributed by atoms with van der Waals surface area (Å²) >= 11 is 6.06. The van der Waals surface area contributed by atoms with Crippen LogP contribution < -0.4 is 5.73 Å². The van der Waals surface area contributed by atoms with Gasteiger partial charge in [0.1, 0.15) is 17.9 Å². The minimum Gasteiger partial charge on any atom is -0.368 e. The Balaban J connectivity index is 2.73. The molecule has 0 aliphatic heterocycles. The maximum atomic E-state index is 11.1. The van der Waals surface area contributed by atoms with E-state index in [1.165, 1.54) is 0 Å². The number of carbonyl (C=O) groups excluding carboxylic acids is 1. The van der Waals surface area contributed by atoms with Crippen molar-refractivity contribution in [3.8, 4) is 0 Å². The number of rotatable bonds is 3. The minimum atomic E-state index is -0.429. The summed E-state index contributed by atoms with van der Waals surface area (Å²) in [6, 6.07) is 0. The summed E-state index contributed by atoms with van der Waals surface area (Å²) in [6.07, 6.45) is 0. The van der Waals surface area contributed by atoms with Crippen LogP contribution in [0.4, 0.5) is 0 Å². The Labute approximate surface area is 103 Å². The molecule has 0 bridgehead atoms. The van der Waals surface area contributed by atoms with Crippen molar-refractivity contribution in [2.45, 2.75) is 25.8 Å². The van der Waals surface area contributed by atoms with E-state index in [1.807, 2.05) is 13.8 Å². The minimum absolute atomic E-state index is 0.0574. The topological polar surface area (TPSA) is 78.7 Å². The summed E-state index contributed by atoms with van der Waals surface area (Å²) in [7, 11) is 1.80. The number of nitrogens with zero attached hydrogens (tertiary/aromatic N) is 4. The predicted molar refractivity (Wildman–Crippen MR) is 64.7 cm³/mol. The van der Waals surface area contributed by atoms with Gasteiger partial charge in [-0.15, -0.1) is 11.6 Å². The third-order valence-corrected chi connectivity index (χ3v) is 2.78. The molecular weight excluding hydrogens is 242 g/mol. The van der Waals surface area contributed by atoms with E-state index in [1.54, 1.807) is 16.3 Å². The highest BCUT2D eigenvalue weighted by Crippen LogP contribution is 2.25. The maximum absolute atomic E-state index is 11.1. The van der Waals surface area contributed by atoms with Crippen LogP contribution in [0.1, 0.15) is 23.8 Å².